The monoisotopic (exact) mass is 559 g/mol. The van der Waals surface area contributed by atoms with E-state index >= 15 is 0 Å². The van der Waals surface area contributed by atoms with Gasteiger partial charge in [-0.3, -0.25) is 0 Å². The molecule has 1 fully saturated rings. The van der Waals surface area contributed by atoms with E-state index in [9.17, 15) is 0 Å². The highest BCUT2D eigenvalue weighted by Gasteiger charge is 2.18. The summed E-state index contributed by atoms with van der Waals surface area (Å²) in [4.78, 5) is 11.7. The van der Waals surface area contributed by atoms with Crippen LogP contribution in [0.15, 0.2) is 65.8 Å². The van der Waals surface area contributed by atoms with Crippen molar-refractivity contribution in [1.82, 2.24) is 15.6 Å². The van der Waals surface area contributed by atoms with Gasteiger partial charge in [-0.05, 0) is 60.9 Å². The van der Waals surface area contributed by atoms with Crippen molar-refractivity contribution in [3.8, 4) is 0 Å². The zero-order valence-electron chi connectivity index (χ0n) is 19.6. The highest BCUT2D eigenvalue weighted by atomic mass is 127. The number of rotatable bonds is 6. The number of pyridine rings is 1. The third-order valence-corrected chi connectivity index (χ3v) is 5.77. The molecule has 1 aliphatic rings. The summed E-state index contributed by atoms with van der Waals surface area (Å²) in [6.45, 7) is 10.2. The minimum atomic E-state index is 0. The van der Waals surface area contributed by atoms with Gasteiger partial charge >= 0.3 is 0 Å². The molecule has 6 nitrogen and oxygen atoms in total. The lowest BCUT2D eigenvalue weighted by Crippen LogP contribution is -2.41. The first kappa shape index (κ1) is 25.2. The summed E-state index contributed by atoms with van der Waals surface area (Å²) in [5, 5.41) is 9.43. The number of benzene rings is 2. The Kier molecular flexibility index (Phi) is 9.31. The van der Waals surface area contributed by atoms with Crippen LogP contribution >= 0.6 is 24.0 Å². The molecule has 2 unspecified atom stereocenters. The summed E-state index contributed by atoms with van der Waals surface area (Å²) >= 11 is 0. The molecule has 2 heterocycles. The highest BCUT2D eigenvalue weighted by molar-refractivity contribution is 14.0. The normalized spacial score (nSPS) is 17.4. The molecule has 4 rings (SSSR count). The van der Waals surface area contributed by atoms with Gasteiger partial charge in [-0.25, -0.2) is 9.98 Å². The van der Waals surface area contributed by atoms with Gasteiger partial charge < -0.3 is 20.3 Å². The smallest absolute Gasteiger partial charge is 0.192 e. The fourth-order valence-electron chi connectivity index (χ4n) is 4.01. The summed E-state index contributed by atoms with van der Waals surface area (Å²) in [6.07, 6.45) is 2.10. The number of hydrogen-bond donors (Lipinski definition) is 2. The van der Waals surface area contributed by atoms with Gasteiger partial charge in [-0.15, -0.1) is 24.0 Å². The molecule has 1 aromatic heterocycles. The second-order valence-corrected chi connectivity index (χ2v) is 8.32. The van der Waals surface area contributed by atoms with E-state index in [-0.39, 0.29) is 36.1 Å². The average Bonchev–Trinajstić information content (AvgIpc) is 2.82. The van der Waals surface area contributed by atoms with Gasteiger partial charge in [0, 0.05) is 25.8 Å². The fraction of sp³-hybridized carbons (Fsp3) is 0.385. The van der Waals surface area contributed by atoms with Crippen LogP contribution < -0.4 is 15.5 Å². The molecule has 1 aliphatic heterocycles. The lowest BCUT2D eigenvalue weighted by atomic mass is 10.0. The highest BCUT2D eigenvalue weighted by Crippen LogP contribution is 2.20. The van der Waals surface area contributed by atoms with Crippen LogP contribution in [0.3, 0.4) is 0 Å². The Morgan fingerprint density at radius 3 is 2.79 bits per heavy atom. The van der Waals surface area contributed by atoms with E-state index in [1.807, 2.05) is 12.3 Å². The van der Waals surface area contributed by atoms with Crippen LogP contribution in [0.25, 0.3) is 10.8 Å². The molecule has 2 atom stereocenters. The molecule has 3 aromatic rings. The first-order chi connectivity index (χ1) is 15.6. The van der Waals surface area contributed by atoms with Crippen LogP contribution in [0.5, 0.6) is 0 Å². The Bertz CT molecular complexity index is 1070. The summed E-state index contributed by atoms with van der Waals surface area (Å²) < 4.78 is 5.65. The quantitative estimate of drug-likeness (QED) is 0.256. The third kappa shape index (κ3) is 6.80. The number of anilines is 1. The number of nitrogens with zero attached hydrogens (tertiary/aromatic N) is 3. The van der Waals surface area contributed by atoms with Gasteiger partial charge in [0.1, 0.15) is 5.82 Å². The zero-order chi connectivity index (χ0) is 22.3. The topological polar surface area (TPSA) is 61.8 Å². The molecular formula is C26H34IN5O. The van der Waals surface area contributed by atoms with E-state index in [0.29, 0.717) is 6.54 Å². The van der Waals surface area contributed by atoms with E-state index in [4.69, 9.17) is 9.73 Å². The van der Waals surface area contributed by atoms with E-state index in [2.05, 4.69) is 89.8 Å². The SMILES string of the molecule is CCNC(=NCc1ccnc(N2CCOC(C)C2)c1)NC(C)c1ccc2ccccc2c1.I. The number of aromatic nitrogens is 1. The van der Waals surface area contributed by atoms with E-state index < -0.39 is 0 Å². The van der Waals surface area contributed by atoms with Crippen molar-refractivity contribution in [2.45, 2.75) is 39.5 Å². The minimum absolute atomic E-state index is 0. The van der Waals surface area contributed by atoms with Gasteiger partial charge in [0.05, 0.1) is 25.3 Å². The average molecular weight is 559 g/mol. The maximum Gasteiger partial charge on any atom is 0.192 e. The Labute approximate surface area is 213 Å². The minimum Gasteiger partial charge on any atom is -0.375 e. The Hall–Kier alpha value is -2.39. The number of nitrogens with one attached hydrogen (secondary N) is 2. The van der Waals surface area contributed by atoms with Crippen LogP contribution in [0.1, 0.15) is 37.9 Å². The molecule has 176 valence electrons. The largest absolute Gasteiger partial charge is 0.375 e. The Morgan fingerprint density at radius 2 is 2.00 bits per heavy atom. The molecule has 0 radical (unpaired) electrons. The van der Waals surface area contributed by atoms with E-state index in [1.165, 1.54) is 16.3 Å². The predicted octanol–water partition coefficient (Wildman–Crippen LogP) is 4.89. The maximum atomic E-state index is 5.65. The molecule has 1 saturated heterocycles. The summed E-state index contributed by atoms with van der Waals surface area (Å²) in [5.41, 5.74) is 2.38. The first-order valence-corrected chi connectivity index (χ1v) is 11.5. The van der Waals surface area contributed by atoms with Gasteiger partial charge in [-0.1, -0.05) is 36.4 Å². The molecular weight excluding hydrogens is 525 g/mol. The summed E-state index contributed by atoms with van der Waals surface area (Å²) in [6, 6.07) is 19.4. The van der Waals surface area contributed by atoms with Crippen molar-refractivity contribution in [3.05, 3.63) is 71.9 Å². The number of ether oxygens (including phenoxy) is 1. The number of guanidine groups is 1. The molecule has 0 amide bonds. The van der Waals surface area contributed by atoms with Crippen LogP contribution in [0, 0.1) is 0 Å². The molecule has 2 aromatic carbocycles. The second-order valence-electron chi connectivity index (χ2n) is 8.32. The standard InChI is InChI=1S/C26H33N5O.HI/c1-4-27-26(30-20(3)23-10-9-22-7-5-6-8-24(22)16-23)29-17-21-11-12-28-25(15-21)31-13-14-32-19(2)18-31;/h5-12,15-16,19-20H,4,13-14,17-18H2,1-3H3,(H2,27,29,30);1H. The first-order valence-electron chi connectivity index (χ1n) is 11.5. The zero-order valence-corrected chi connectivity index (χ0v) is 22.0. The summed E-state index contributed by atoms with van der Waals surface area (Å²) in [7, 11) is 0. The van der Waals surface area contributed by atoms with E-state index in [0.717, 1.165) is 43.6 Å². The molecule has 0 spiro atoms. The predicted molar refractivity (Wildman–Crippen MR) is 148 cm³/mol. The third-order valence-electron chi connectivity index (χ3n) is 5.77. The van der Waals surface area contributed by atoms with Crippen molar-refractivity contribution in [3.63, 3.8) is 0 Å². The van der Waals surface area contributed by atoms with Crippen LogP contribution in [-0.4, -0.2) is 43.3 Å². The number of fused-ring (bicyclic) bond motifs is 1. The van der Waals surface area contributed by atoms with Crippen LogP contribution in [0.4, 0.5) is 5.82 Å². The molecule has 7 heteroatoms. The molecule has 0 saturated carbocycles. The lowest BCUT2D eigenvalue weighted by molar-refractivity contribution is 0.0529. The fourth-order valence-corrected chi connectivity index (χ4v) is 4.01. The molecule has 0 bridgehead atoms. The Balaban J connectivity index is 0.00000306. The van der Waals surface area contributed by atoms with Crippen molar-refractivity contribution in [1.29, 1.82) is 0 Å². The Morgan fingerprint density at radius 1 is 1.18 bits per heavy atom. The number of hydrogen-bond acceptors (Lipinski definition) is 4. The number of morpholine rings is 1. The molecule has 33 heavy (non-hydrogen) atoms. The van der Waals surface area contributed by atoms with Crippen molar-refractivity contribution >= 4 is 46.5 Å². The van der Waals surface area contributed by atoms with Crippen LogP contribution in [-0.2, 0) is 11.3 Å². The van der Waals surface area contributed by atoms with Crippen molar-refractivity contribution < 1.29 is 4.74 Å². The lowest BCUT2D eigenvalue weighted by Gasteiger charge is -2.32. The number of aliphatic imine (C=N–C) groups is 1. The van der Waals surface area contributed by atoms with Gasteiger partial charge in [0.2, 0.25) is 0 Å². The van der Waals surface area contributed by atoms with Gasteiger partial charge in [-0.2, -0.15) is 0 Å². The van der Waals surface area contributed by atoms with E-state index in [1.54, 1.807) is 0 Å². The van der Waals surface area contributed by atoms with Gasteiger partial charge in [0.15, 0.2) is 5.96 Å². The maximum absolute atomic E-state index is 5.65. The van der Waals surface area contributed by atoms with Crippen LogP contribution in [0.2, 0.25) is 0 Å². The van der Waals surface area contributed by atoms with Gasteiger partial charge in [0.25, 0.3) is 0 Å². The van der Waals surface area contributed by atoms with Crippen molar-refractivity contribution in [2.24, 2.45) is 4.99 Å². The number of halogens is 1. The summed E-state index contributed by atoms with van der Waals surface area (Å²) in [5.74, 6) is 1.81. The molecule has 0 aliphatic carbocycles. The second kappa shape index (κ2) is 12.2. The molecule has 2 N–H and O–H groups in total. The van der Waals surface area contributed by atoms with Crippen molar-refractivity contribution in [2.75, 3.05) is 31.1 Å².